The van der Waals surface area contributed by atoms with Gasteiger partial charge in [-0.2, -0.15) is 0 Å². The first kappa shape index (κ1) is 21.1. The van der Waals surface area contributed by atoms with Gasteiger partial charge in [-0.25, -0.2) is 0 Å². The van der Waals surface area contributed by atoms with Crippen LogP contribution in [0.4, 0.5) is 0 Å². The third kappa shape index (κ3) is 9.19. The van der Waals surface area contributed by atoms with Gasteiger partial charge in [0.25, 0.3) is 0 Å². The lowest BCUT2D eigenvalue weighted by molar-refractivity contribution is 0.108. The lowest BCUT2D eigenvalue weighted by Gasteiger charge is -2.19. The van der Waals surface area contributed by atoms with Crippen molar-refractivity contribution in [2.24, 2.45) is 10.9 Å². The summed E-state index contributed by atoms with van der Waals surface area (Å²) in [5.74, 6) is 2.81. The van der Waals surface area contributed by atoms with Crippen LogP contribution in [0.2, 0.25) is 0 Å². The van der Waals surface area contributed by atoms with Gasteiger partial charge in [-0.3, -0.25) is 4.99 Å². The van der Waals surface area contributed by atoms with E-state index in [9.17, 15) is 0 Å². The molecule has 0 saturated carbocycles. The highest BCUT2D eigenvalue weighted by Gasteiger charge is 2.09. The summed E-state index contributed by atoms with van der Waals surface area (Å²) in [5.41, 5.74) is 0. The molecule has 25 heavy (non-hydrogen) atoms. The monoisotopic (exact) mass is 351 g/mol. The van der Waals surface area contributed by atoms with Gasteiger partial charge >= 0.3 is 0 Å². The van der Waals surface area contributed by atoms with Crippen LogP contribution in [-0.2, 0) is 4.74 Å². The molecular formula is C19H33N3O3. The van der Waals surface area contributed by atoms with E-state index in [0.29, 0.717) is 12.5 Å². The zero-order valence-corrected chi connectivity index (χ0v) is 16.2. The topological polar surface area (TPSA) is 64.1 Å². The van der Waals surface area contributed by atoms with Gasteiger partial charge in [0.1, 0.15) is 6.10 Å². The molecule has 0 saturated heterocycles. The largest absolute Gasteiger partial charge is 0.493 e. The molecule has 0 amide bonds. The Bertz CT molecular complexity index is 506. The van der Waals surface area contributed by atoms with Crippen molar-refractivity contribution in [3.05, 3.63) is 24.3 Å². The number of nitrogens with zero attached hydrogens (tertiary/aromatic N) is 1. The molecule has 0 aromatic heterocycles. The van der Waals surface area contributed by atoms with E-state index in [2.05, 4.69) is 29.5 Å². The number of guanidine groups is 1. The number of nitrogens with one attached hydrogen (secondary N) is 2. The molecule has 0 aliphatic heterocycles. The fourth-order valence-corrected chi connectivity index (χ4v) is 2.14. The number of hydrogen-bond donors (Lipinski definition) is 2. The quantitative estimate of drug-likeness (QED) is 0.365. The molecule has 0 aliphatic carbocycles. The Kier molecular flexibility index (Phi) is 10.5. The molecule has 6 nitrogen and oxygen atoms in total. The summed E-state index contributed by atoms with van der Waals surface area (Å²) in [6.45, 7) is 9.34. The SMILES string of the molecule is CN=C(NCCCOCC(C)C)NCC(C)Oc1ccccc1OC. The number of methoxy groups -OCH3 is 1. The summed E-state index contributed by atoms with van der Waals surface area (Å²) in [6, 6.07) is 7.64. The number of rotatable bonds is 11. The first-order valence-corrected chi connectivity index (χ1v) is 8.88. The van der Waals surface area contributed by atoms with Crippen molar-refractivity contribution in [2.75, 3.05) is 40.5 Å². The minimum absolute atomic E-state index is 0.0239. The fourth-order valence-electron chi connectivity index (χ4n) is 2.14. The van der Waals surface area contributed by atoms with Gasteiger partial charge in [-0.15, -0.1) is 0 Å². The van der Waals surface area contributed by atoms with Gasteiger partial charge in [-0.05, 0) is 31.4 Å². The molecule has 0 fully saturated rings. The molecule has 2 N–H and O–H groups in total. The van der Waals surface area contributed by atoms with Gasteiger partial charge in [0, 0.05) is 26.8 Å². The van der Waals surface area contributed by atoms with E-state index in [1.807, 2.05) is 31.2 Å². The third-order valence-electron chi connectivity index (χ3n) is 3.39. The van der Waals surface area contributed by atoms with Gasteiger partial charge in [0.15, 0.2) is 17.5 Å². The minimum Gasteiger partial charge on any atom is -0.493 e. The van der Waals surface area contributed by atoms with E-state index in [0.717, 1.165) is 43.6 Å². The second-order valence-corrected chi connectivity index (χ2v) is 6.28. The van der Waals surface area contributed by atoms with E-state index >= 15 is 0 Å². The summed E-state index contributed by atoms with van der Waals surface area (Å²) < 4.78 is 16.8. The lowest BCUT2D eigenvalue weighted by atomic mass is 10.2. The molecule has 142 valence electrons. The Morgan fingerprint density at radius 2 is 1.84 bits per heavy atom. The fraction of sp³-hybridized carbons (Fsp3) is 0.632. The molecule has 6 heteroatoms. The van der Waals surface area contributed by atoms with Crippen LogP contribution < -0.4 is 20.1 Å². The number of aliphatic imine (C=N–C) groups is 1. The molecule has 1 aromatic carbocycles. The summed E-state index contributed by atoms with van der Waals surface area (Å²) in [6.07, 6.45) is 0.921. The van der Waals surface area contributed by atoms with Crippen molar-refractivity contribution in [1.82, 2.24) is 10.6 Å². The standard InChI is InChI=1S/C19H33N3O3/c1-15(2)14-24-12-8-11-21-19(20-4)22-13-16(3)25-18-10-7-6-9-17(18)23-5/h6-7,9-10,15-16H,8,11-14H2,1-5H3,(H2,20,21,22). The number of para-hydroxylation sites is 2. The van der Waals surface area contributed by atoms with Crippen LogP contribution in [0.1, 0.15) is 27.2 Å². The Hall–Kier alpha value is -1.95. The van der Waals surface area contributed by atoms with E-state index in [1.165, 1.54) is 0 Å². The third-order valence-corrected chi connectivity index (χ3v) is 3.39. The molecule has 1 aromatic rings. The van der Waals surface area contributed by atoms with Crippen LogP contribution in [0, 0.1) is 5.92 Å². The first-order chi connectivity index (χ1) is 12.1. The van der Waals surface area contributed by atoms with Crippen LogP contribution in [0.15, 0.2) is 29.3 Å². The highest BCUT2D eigenvalue weighted by atomic mass is 16.5. The minimum atomic E-state index is -0.0239. The van der Waals surface area contributed by atoms with Crippen molar-refractivity contribution in [2.45, 2.75) is 33.3 Å². The molecule has 0 aliphatic rings. The lowest BCUT2D eigenvalue weighted by Crippen LogP contribution is -2.42. The maximum Gasteiger partial charge on any atom is 0.191 e. The van der Waals surface area contributed by atoms with Gasteiger partial charge in [0.05, 0.1) is 13.7 Å². The summed E-state index contributed by atoms with van der Waals surface area (Å²) in [7, 11) is 3.40. The van der Waals surface area contributed by atoms with Crippen molar-refractivity contribution < 1.29 is 14.2 Å². The highest BCUT2D eigenvalue weighted by Crippen LogP contribution is 2.26. The molecule has 0 heterocycles. The van der Waals surface area contributed by atoms with Crippen LogP contribution in [0.25, 0.3) is 0 Å². The van der Waals surface area contributed by atoms with Crippen molar-refractivity contribution in [1.29, 1.82) is 0 Å². The smallest absolute Gasteiger partial charge is 0.191 e. The second kappa shape index (κ2) is 12.4. The van der Waals surface area contributed by atoms with Crippen LogP contribution >= 0.6 is 0 Å². The highest BCUT2D eigenvalue weighted by molar-refractivity contribution is 5.79. The van der Waals surface area contributed by atoms with Crippen LogP contribution in [0.5, 0.6) is 11.5 Å². The second-order valence-electron chi connectivity index (χ2n) is 6.28. The molecule has 1 rings (SSSR count). The predicted molar refractivity (Wildman–Crippen MR) is 103 cm³/mol. The zero-order valence-electron chi connectivity index (χ0n) is 16.2. The van der Waals surface area contributed by atoms with E-state index in [1.54, 1.807) is 14.2 Å². The van der Waals surface area contributed by atoms with Crippen LogP contribution in [0.3, 0.4) is 0 Å². The van der Waals surface area contributed by atoms with Crippen molar-refractivity contribution in [3.63, 3.8) is 0 Å². The average molecular weight is 351 g/mol. The molecule has 0 radical (unpaired) electrons. The van der Waals surface area contributed by atoms with Gasteiger partial charge < -0.3 is 24.8 Å². The molecular weight excluding hydrogens is 318 g/mol. The number of hydrogen-bond acceptors (Lipinski definition) is 4. The summed E-state index contributed by atoms with van der Waals surface area (Å²) >= 11 is 0. The Morgan fingerprint density at radius 1 is 1.12 bits per heavy atom. The maximum atomic E-state index is 5.92. The predicted octanol–water partition coefficient (Wildman–Crippen LogP) is 2.69. The van der Waals surface area contributed by atoms with E-state index in [4.69, 9.17) is 14.2 Å². The van der Waals surface area contributed by atoms with Crippen molar-refractivity contribution in [3.8, 4) is 11.5 Å². The van der Waals surface area contributed by atoms with E-state index < -0.39 is 0 Å². The van der Waals surface area contributed by atoms with E-state index in [-0.39, 0.29) is 6.10 Å². The molecule has 1 atom stereocenters. The number of ether oxygens (including phenoxy) is 3. The first-order valence-electron chi connectivity index (χ1n) is 8.88. The van der Waals surface area contributed by atoms with Gasteiger partial charge in [-0.1, -0.05) is 26.0 Å². The molecule has 1 unspecified atom stereocenters. The van der Waals surface area contributed by atoms with Gasteiger partial charge in [0.2, 0.25) is 0 Å². The molecule has 0 spiro atoms. The molecule has 0 bridgehead atoms. The average Bonchev–Trinajstić information content (AvgIpc) is 2.60. The Balaban J connectivity index is 2.25. The maximum absolute atomic E-state index is 5.92. The Morgan fingerprint density at radius 3 is 2.48 bits per heavy atom. The Labute approximate surface area is 152 Å². The normalized spacial score (nSPS) is 12.8. The van der Waals surface area contributed by atoms with Crippen molar-refractivity contribution >= 4 is 5.96 Å². The summed E-state index contributed by atoms with van der Waals surface area (Å²) in [4.78, 5) is 4.22. The summed E-state index contributed by atoms with van der Waals surface area (Å²) in [5, 5.41) is 6.55. The zero-order chi connectivity index (χ0) is 18.5. The van der Waals surface area contributed by atoms with Crippen LogP contribution in [-0.4, -0.2) is 52.5 Å². The number of benzene rings is 1.